The van der Waals surface area contributed by atoms with Gasteiger partial charge in [-0.15, -0.1) is 0 Å². The van der Waals surface area contributed by atoms with Crippen LogP contribution in [0.15, 0.2) is 0 Å². The van der Waals surface area contributed by atoms with Gasteiger partial charge in [0.25, 0.3) is 0 Å². The summed E-state index contributed by atoms with van der Waals surface area (Å²) in [5.41, 5.74) is 0. The molecule has 0 aromatic heterocycles. The third-order valence-electron chi connectivity index (χ3n) is 0. The maximum absolute atomic E-state index is 8.63. The van der Waals surface area contributed by atoms with E-state index in [2.05, 4.69) is 0 Å². The van der Waals surface area contributed by atoms with Crippen molar-refractivity contribution in [1.82, 2.24) is 0 Å². The van der Waals surface area contributed by atoms with E-state index in [1.807, 2.05) is 0 Å². The normalized spacial score (nSPS) is 8.29. The van der Waals surface area contributed by atoms with Crippen molar-refractivity contribution in [2.45, 2.75) is 0 Å². The fraction of sp³-hybridized carbons (Fsp3) is 0. The van der Waals surface area contributed by atoms with Crippen LogP contribution < -0.4 is 7.52 Å². The van der Waals surface area contributed by atoms with E-state index in [1.165, 1.54) is 0 Å². The van der Waals surface area contributed by atoms with Crippen molar-refractivity contribution < 1.29 is 75.8 Å². The summed E-state index contributed by atoms with van der Waals surface area (Å²) < 4.78 is 34.5. The molecule has 0 fully saturated rings. The average Bonchev–Trinajstić information content (AvgIpc) is 0.722. The maximum atomic E-state index is 8.63. The Morgan fingerprint density at radius 3 is 1.00 bits per heavy atom. The van der Waals surface area contributed by atoms with Gasteiger partial charge in [-0.2, -0.15) is 0 Å². The molecule has 0 radical (unpaired) electrons. The zero-order valence-corrected chi connectivity index (χ0v) is 7.62. The van der Waals surface area contributed by atoms with Gasteiger partial charge in [0.05, 0.1) is 0 Å². The molecular formula is Ag2MoO4. The number of hydrogen-bond donors (Lipinski definition) is 0. The summed E-state index contributed by atoms with van der Waals surface area (Å²) in [5.74, 6) is 0. The van der Waals surface area contributed by atoms with Crippen molar-refractivity contribution in [2.75, 3.05) is 0 Å². The van der Waals surface area contributed by atoms with E-state index in [0.717, 1.165) is 0 Å². The molecule has 0 amide bonds. The monoisotopic (exact) mass is 376 g/mol. The van der Waals surface area contributed by atoms with Gasteiger partial charge in [-0.3, -0.25) is 0 Å². The summed E-state index contributed by atoms with van der Waals surface area (Å²) in [4.78, 5) is 0. The van der Waals surface area contributed by atoms with Crippen LogP contribution in [-0.2, 0) is 68.3 Å². The first-order chi connectivity index (χ1) is 2.00. The van der Waals surface area contributed by atoms with Crippen LogP contribution in [0.25, 0.3) is 0 Å². The summed E-state index contributed by atoms with van der Waals surface area (Å²) in [7, 11) is 0. The van der Waals surface area contributed by atoms with Crippen molar-refractivity contribution in [3.8, 4) is 0 Å². The number of rotatable bonds is 0. The zero-order chi connectivity index (χ0) is 4.50. The van der Waals surface area contributed by atoms with E-state index >= 15 is 0 Å². The van der Waals surface area contributed by atoms with Crippen LogP contribution in [0, 0.1) is 0 Å². The minimum absolute atomic E-state index is 0. The van der Waals surface area contributed by atoms with Crippen LogP contribution in [0.5, 0.6) is 0 Å². The minimum atomic E-state index is -6.02. The van der Waals surface area contributed by atoms with Gasteiger partial charge in [0, 0.05) is 0 Å². The predicted molar refractivity (Wildman–Crippen MR) is 1.37 cm³/mol. The molecule has 0 atom stereocenters. The van der Waals surface area contributed by atoms with Gasteiger partial charge >= 0.3 is 75.8 Å². The average molecular weight is 376 g/mol. The zero-order valence-electron chi connectivity index (χ0n) is 2.64. The third kappa shape index (κ3) is 87.2. The Labute approximate surface area is 75.0 Å². The van der Waals surface area contributed by atoms with Crippen LogP contribution in [0.3, 0.4) is 0 Å². The van der Waals surface area contributed by atoms with Crippen molar-refractivity contribution in [3.05, 3.63) is 0 Å². The summed E-state index contributed by atoms with van der Waals surface area (Å²) in [5, 5.41) is 0. The van der Waals surface area contributed by atoms with E-state index in [4.69, 9.17) is 14.3 Å². The molecule has 0 aromatic carbocycles. The number of hydrogen-bond acceptors (Lipinski definition) is 4. The molecule has 0 saturated heterocycles. The Hall–Kier alpha value is 1.69. The van der Waals surface area contributed by atoms with Crippen molar-refractivity contribution >= 4 is 0 Å². The molecule has 0 bridgehead atoms. The molecule has 0 aliphatic heterocycles. The second-order valence-electron chi connectivity index (χ2n) is 0.408. The van der Waals surface area contributed by atoms with Crippen LogP contribution in [0.2, 0.25) is 0 Å². The Bertz CT molecular complexity index is 92.9. The molecule has 52 valence electrons. The standard InChI is InChI=1S/2Ag.Mo.4O/q2*+1;;;;2*-1. The molecule has 0 unspecified atom stereocenters. The Kier molecular flexibility index (Phi) is 13.2. The van der Waals surface area contributed by atoms with Gasteiger partial charge in [-0.25, -0.2) is 0 Å². The summed E-state index contributed by atoms with van der Waals surface area (Å²) in [6.07, 6.45) is 0. The molecule has 0 N–H and O–H groups in total. The summed E-state index contributed by atoms with van der Waals surface area (Å²) in [6.45, 7) is 0. The summed E-state index contributed by atoms with van der Waals surface area (Å²) >= 11 is -6.02. The fourth-order valence-corrected chi connectivity index (χ4v) is 0. The van der Waals surface area contributed by atoms with Crippen molar-refractivity contribution in [1.29, 1.82) is 0 Å². The van der Waals surface area contributed by atoms with E-state index in [-0.39, 0.29) is 44.8 Å². The Morgan fingerprint density at radius 2 is 1.00 bits per heavy atom. The quantitative estimate of drug-likeness (QED) is 0.434. The van der Waals surface area contributed by atoms with E-state index in [1.54, 1.807) is 0 Å². The van der Waals surface area contributed by atoms with Gasteiger partial charge in [-0.1, -0.05) is 0 Å². The van der Waals surface area contributed by atoms with E-state index < -0.39 is 16.7 Å². The molecule has 0 aromatic rings. The topological polar surface area (TPSA) is 80.3 Å². The second-order valence-corrected chi connectivity index (χ2v) is 2.42. The van der Waals surface area contributed by atoms with Crippen LogP contribution in [0.1, 0.15) is 0 Å². The first-order valence-electron chi connectivity index (χ1n) is 0.667. The van der Waals surface area contributed by atoms with Crippen LogP contribution >= 0.6 is 0 Å². The van der Waals surface area contributed by atoms with Gasteiger partial charge in [0.15, 0.2) is 0 Å². The molecular weight excluding hydrogens is 376 g/mol. The molecule has 0 saturated carbocycles. The van der Waals surface area contributed by atoms with Crippen LogP contribution in [-0.4, -0.2) is 0 Å². The Morgan fingerprint density at radius 1 is 1.00 bits per heavy atom. The first kappa shape index (κ1) is 15.9. The van der Waals surface area contributed by atoms with Gasteiger partial charge in [-0.05, 0) is 0 Å². The predicted octanol–water partition coefficient (Wildman–Crippen LogP) is -2.62. The van der Waals surface area contributed by atoms with E-state index in [9.17, 15) is 0 Å². The molecule has 7 heavy (non-hydrogen) atoms. The third-order valence-corrected chi connectivity index (χ3v) is 0. The van der Waals surface area contributed by atoms with Gasteiger partial charge < -0.3 is 0 Å². The molecule has 0 heterocycles. The van der Waals surface area contributed by atoms with Crippen molar-refractivity contribution in [2.24, 2.45) is 0 Å². The second kappa shape index (κ2) is 5.82. The summed E-state index contributed by atoms with van der Waals surface area (Å²) in [6, 6.07) is 0. The van der Waals surface area contributed by atoms with Crippen LogP contribution in [0.4, 0.5) is 0 Å². The SMILES string of the molecule is [Ag+].[Ag+].[O]=[Mo](=[O])([O-])[O-]. The molecule has 0 aliphatic rings. The van der Waals surface area contributed by atoms with Crippen molar-refractivity contribution in [3.63, 3.8) is 0 Å². The Balaban J connectivity index is -0.0000000800. The molecule has 0 spiro atoms. The molecule has 7 heteroatoms. The fourth-order valence-electron chi connectivity index (χ4n) is 0. The molecule has 0 aliphatic carbocycles. The molecule has 4 nitrogen and oxygen atoms in total. The van der Waals surface area contributed by atoms with Gasteiger partial charge in [0.1, 0.15) is 0 Å². The molecule has 0 rings (SSSR count). The van der Waals surface area contributed by atoms with E-state index in [0.29, 0.717) is 0 Å². The van der Waals surface area contributed by atoms with Gasteiger partial charge in [0.2, 0.25) is 0 Å². The first-order valence-corrected chi connectivity index (χ1v) is 3.94.